The number of esters is 2. The molecule has 18 rings (SSSR count). The maximum atomic E-state index is 13.8. The van der Waals surface area contributed by atoms with E-state index in [1.165, 1.54) is 18.7 Å². The quantitative estimate of drug-likeness (QED) is 0.0597. The summed E-state index contributed by atoms with van der Waals surface area (Å²) in [6.07, 6.45) is 32.7. The zero-order valence-electron chi connectivity index (χ0n) is 68.8. The van der Waals surface area contributed by atoms with Crippen LogP contribution in [0.25, 0.3) is 45.6 Å². The fraction of sp³-hybridized carbons (Fsp3) is 0.404. The average molecular weight is 1630 g/mol. The summed E-state index contributed by atoms with van der Waals surface area (Å²) >= 11 is 0. The van der Waals surface area contributed by atoms with Crippen molar-refractivity contribution in [3.63, 3.8) is 0 Å². The van der Waals surface area contributed by atoms with Crippen molar-refractivity contribution in [2.24, 2.45) is 23.7 Å². The van der Waals surface area contributed by atoms with Crippen LogP contribution in [0.5, 0.6) is 5.88 Å². The molecule has 10 aromatic rings. The minimum atomic E-state index is -0.967. The first kappa shape index (κ1) is 85.8. The van der Waals surface area contributed by atoms with Gasteiger partial charge in [0.2, 0.25) is 11.8 Å². The van der Waals surface area contributed by atoms with Crippen LogP contribution in [0.15, 0.2) is 195 Å². The molecule has 0 saturated carbocycles. The Kier molecular flexibility index (Phi) is 29.4. The van der Waals surface area contributed by atoms with Gasteiger partial charge in [-0.3, -0.25) is 24.0 Å². The number of hydrogen-bond donors (Lipinski definition) is 3. The van der Waals surface area contributed by atoms with Gasteiger partial charge in [0, 0.05) is 157 Å². The summed E-state index contributed by atoms with van der Waals surface area (Å²) in [4.78, 5) is 124. The van der Waals surface area contributed by atoms with Gasteiger partial charge in [0.1, 0.15) is 0 Å². The number of pyridine rings is 2. The molecule has 3 amide bonds. The van der Waals surface area contributed by atoms with E-state index in [0.717, 1.165) is 135 Å². The van der Waals surface area contributed by atoms with Crippen LogP contribution in [0.2, 0.25) is 0 Å². The minimum Gasteiger partial charge on any atom is -0.478 e. The van der Waals surface area contributed by atoms with Gasteiger partial charge in [-0.1, -0.05) is 82.9 Å². The third-order valence-electron chi connectivity index (χ3n) is 24.0. The monoisotopic (exact) mass is 1620 g/mol. The molecule has 12 atom stereocenters. The molecule has 120 heavy (non-hydrogen) atoms. The van der Waals surface area contributed by atoms with Crippen molar-refractivity contribution in [2.45, 2.75) is 193 Å². The number of aliphatic hydroxyl groups is 1. The minimum absolute atomic E-state index is 0.000324. The summed E-state index contributed by atoms with van der Waals surface area (Å²) in [5, 5.41) is 22.3. The molecule has 4 aromatic carbocycles. The van der Waals surface area contributed by atoms with Crippen molar-refractivity contribution in [1.82, 2.24) is 69.9 Å². The largest absolute Gasteiger partial charge is 0.478 e. The highest BCUT2D eigenvalue weighted by atomic mass is 19.1. The topological polar surface area (TPSA) is 321 Å². The van der Waals surface area contributed by atoms with Gasteiger partial charge in [0.05, 0.1) is 53.9 Å². The summed E-state index contributed by atoms with van der Waals surface area (Å²) in [6, 6.07) is 42.2. The van der Waals surface area contributed by atoms with E-state index in [2.05, 4.69) is 60.1 Å². The van der Waals surface area contributed by atoms with E-state index in [4.69, 9.17) is 19.3 Å². The van der Waals surface area contributed by atoms with Crippen LogP contribution in [0.3, 0.4) is 0 Å². The highest BCUT2D eigenvalue weighted by molar-refractivity contribution is 6.03. The van der Waals surface area contributed by atoms with Gasteiger partial charge in [-0.25, -0.2) is 54.6 Å². The lowest BCUT2D eigenvalue weighted by atomic mass is 9.89. The molecule has 8 aliphatic rings. The number of rotatable bonds is 16. The van der Waals surface area contributed by atoms with Crippen molar-refractivity contribution in [1.29, 1.82) is 0 Å². The van der Waals surface area contributed by atoms with Crippen LogP contribution < -0.4 is 10.1 Å². The molecule has 0 aliphatic carbocycles. The number of nitrogens with one attached hydrogen (secondary N) is 1. The summed E-state index contributed by atoms with van der Waals surface area (Å²) in [7, 11) is 0. The molecule has 25 nitrogen and oxygen atoms in total. The molecule has 26 heteroatoms. The molecule has 8 saturated heterocycles. The van der Waals surface area contributed by atoms with Gasteiger partial charge < -0.3 is 44.4 Å². The van der Waals surface area contributed by atoms with E-state index in [0.29, 0.717) is 101 Å². The lowest BCUT2D eigenvalue weighted by Crippen LogP contribution is -2.50. The van der Waals surface area contributed by atoms with Crippen LogP contribution >= 0.6 is 0 Å². The number of nitrogens with zero attached hydrogens (tertiary/aromatic N) is 13. The van der Waals surface area contributed by atoms with E-state index in [9.17, 15) is 38.3 Å². The summed E-state index contributed by atoms with van der Waals surface area (Å²) in [5.74, 6) is 1.71. The van der Waals surface area contributed by atoms with Crippen LogP contribution in [0.4, 0.5) is 4.39 Å². The fourth-order valence-corrected chi connectivity index (χ4v) is 18.3. The Hall–Kier alpha value is -12.0. The fourth-order valence-electron chi connectivity index (χ4n) is 18.3. The van der Waals surface area contributed by atoms with Gasteiger partial charge in [0.25, 0.3) is 17.7 Å². The van der Waals surface area contributed by atoms with E-state index in [1.807, 2.05) is 130 Å². The van der Waals surface area contributed by atoms with Crippen molar-refractivity contribution >= 4 is 35.6 Å². The second-order valence-electron chi connectivity index (χ2n) is 31.7. The lowest BCUT2D eigenvalue weighted by molar-refractivity contribution is -0.151. The Bertz CT molecular complexity index is 5110. The Labute approximate surface area is 699 Å². The number of fused-ring (bicyclic) bond motifs is 8. The Balaban J connectivity index is 0.000000130. The normalized spacial score (nSPS) is 22.4. The standard InChI is InChI=1S/C25H26N4O2.C22H25N3O3.C20H23N3O2.C12H10N2O2.C10H17NO2.C5H4FN/c1-17-6-10-20(24-27-13-4-14-28-24)21(15-17)25(30)29-19-8-7-18(22(29)11-9-19)16-31-23-5-2-3-12-26-23;1-3-28-22(27)17-9-6-15-7-10-19(17)25(15)21(26)18-13-14(2)5-8-16(18)20-23-11-4-12-24-20;1-13-3-7-16(19-21-9-2-10-22-19)17(11-13)20(25)23-15-5-4-14(12-24)18(23)8-6-15;1-8-3-4-9(10(7-8)12(15)16)11-13-5-2-6-14-11;1-2-13-10(12)8-5-3-7-4-6-9(8)11-7;6-5-3-1-2-4-7-5/h2-6,10,12-15,18-19,22H,7-9,11,16H2,1H3;4-5,8,11-13,15,17,19H,3,6-7,9-10H2,1-2H3;2-3,7,9-11,14-15,18,24H,4-6,8,12H2,1H3;2-7H,1H3,(H,15,16);7-9,11H,2-6H2,1H3;1-4H/t18-,19?,22?;15?,17-,19?;14-,15?,18?;;7?,8-,9?;/m101.0./s1. The maximum absolute atomic E-state index is 13.8. The van der Waals surface area contributed by atoms with E-state index >= 15 is 0 Å². The number of ether oxygens (including phenoxy) is 3. The number of aromatic carboxylic acids is 1. The number of halogens is 1. The van der Waals surface area contributed by atoms with Crippen molar-refractivity contribution < 1.29 is 57.6 Å². The van der Waals surface area contributed by atoms with Crippen LogP contribution in [0, 0.1) is 57.3 Å². The number of carboxylic acids is 1. The Morgan fingerprint density at radius 2 is 0.767 bits per heavy atom. The SMILES string of the molecule is CCOC(=O)[C@H]1CCC2CCC1N2.CCOC(=O)[C@H]1CCC2CCC1N2C(=O)c1cc(C)ccc1-c1ncccn1.Cc1ccc(-c2ncccn2)c(C(=O)N2C3CCC2[C@@H](CO)CC3)c1.Cc1ccc(-c2ncccn2)c(C(=O)N2C3CCC2[C@@H](COc2ccccn2)CC3)c1.Cc1ccc(-c2ncccn2)c(C(=O)O)c1.Fc1ccccn1. The average Bonchev–Trinajstić information content (AvgIpc) is 1.60. The zero-order valence-corrected chi connectivity index (χ0v) is 68.8. The van der Waals surface area contributed by atoms with Gasteiger partial charge in [-0.2, -0.15) is 4.39 Å². The molecule has 3 N–H and O–H groups in total. The molecule has 8 fully saturated rings. The van der Waals surface area contributed by atoms with Gasteiger partial charge in [-0.15, -0.1) is 0 Å². The molecule has 624 valence electrons. The molecule has 0 radical (unpaired) electrons. The van der Waals surface area contributed by atoms with Gasteiger partial charge in [-0.05, 0) is 211 Å². The number of aromatic nitrogens is 10. The predicted octanol–water partition coefficient (Wildman–Crippen LogP) is 15.0. The smallest absolute Gasteiger partial charge is 0.336 e. The molecule has 14 heterocycles. The number of hydrogen-bond acceptors (Lipinski definition) is 21. The van der Waals surface area contributed by atoms with E-state index in [1.54, 1.807) is 104 Å². The molecule has 8 unspecified atom stereocenters. The van der Waals surface area contributed by atoms with Crippen LogP contribution in [-0.2, 0) is 19.1 Å². The van der Waals surface area contributed by atoms with Crippen LogP contribution in [-0.4, -0.2) is 185 Å². The molecular formula is C94H105FN14O11. The van der Waals surface area contributed by atoms with Gasteiger partial charge in [0.15, 0.2) is 23.3 Å². The number of carbonyl (C=O) groups is 6. The molecule has 6 aromatic heterocycles. The first-order valence-electron chi connectivity index (χ1n) is 41.9. The summed E-state index contributed by atoms with van der Waals surface area (Å²) in [6.45, 7) is 13.1. The summed E-state index contributed by atoms with van der Waals surface area (Å²) < 4.78 is 28.1. The van der Waals surface area contributed by atoms with E-state index < -0.39 is 11.9 Å². The number of carboxylic acid groups (broad SMARTS) is 1. The highest BCUT2D eigenvalue weighted by Gasteiger charge is 2.50. The Morgan fingerprint density at radius 1 is 0.400 bits per heavy atom. The third-order valence-corrected chi connectivity index (χ3v) is 24.0. The van der Waals surface area contributed by atoms with Gasteiger partial charge >= 0.3 is 17.9 Å². The van der Waals surface area contributed by atoms with Crippen molar-refractivity contribution in [3.05, 3.63) is 246 Å². The number of aliphatic hydroxyl groups excluding tert-OH is 1. The molecular weight excluding hydrogens is 1520 g/mol. The van der Waals surface area contributed by atoms with E-state index in [-0.39, 0.29) is 83.8 Å². The number of aryl methyl sites for hydroxylation is 4. The predicted molar refractivity (Wildman–Crippen MR) is 450 cm³/mol. The third kappa shape index (κ3) is 20.8. The highest BCUT2D eigenvalue weighted by Crippen LogP contribution is 2.45. The molecule has 8 bridgehead atoms. The number of benzene rings is 4. The summed E-state index contributed by atoms with van der Waals surface area (Å²) in [5.41, 5.74) is 9.05. The second kappa shape index (κ2) is 41.1. The van der Waals surface area contributed by atoms with Crippen molar-refractivity contribution in [3.8, 4) is 51.4 Å². The number of amides is 3. The van der Waals surface area contributed by atoms with Crippen molar-refractivity contribution in [2.75, 3.05) is 26.4 Å². The first-order valence-corrected chi connectivity index (χ1v) is 41.9. The number of piperidine rings is 4. The maximum Gasteiger partial charge on any atom is 0.336 e. The zero-order chi connectivity index (χ0) is 84.2. The Morgan fingerprint density at radius 3 is 1.18 bits per heavy atom. The molecule has 0 spiro atoms. The molecule has 8 aliphatic heterocycles. The number of carbonyl (C=O) groups excluding carboxylic acids is 5. The second-order valence-corrected chi connectivity index (χ2v) is 31.7. The first-order chi connectivity index (χ1) is 58.4. The lowest BCUT2D eigenvalue weighted by Gasteiger charge is -2.40. The van der Waals surface area contributed by atoms with Crippen LogP contribution in [0.1, 0.15) is 180 Å².